The van der Waals surface area contributed by atoms with Gasteiger partial charge in [-0.3, -0.25) is 4.79 Å². The second-order valence-corrected chi connectivity index (χ2v) is 2.77. The SMILES string of the molecule is C=C(Br)COC(=O)CS. The molecule has 0 heterocycles. The quantitative estimate of drug-likeness (QED) is 0.563. The second-order valence-electron chi connectivity index (χ2n) is 1.34. The molecule has 2 nitrogen and oxygen atoms in total. The Bertz CT molecular complexity index is 124. The van der Waals surface area contributed by atoms with Crippen molar-refractivity contribution in [2.45, 2.75) is 0 Å². The van der Waals surface area contributed by atoms with Gasteiger partial charge in [-0.25, -0.2) is 0 Å². The molecule has 0 aromatic rings. The standard InChI is InChI=1S/C5H7BrO2S/c1-4(6)2-8-5(7)3-9/h9H,1-3H2. The topological polar surface area (TPSA) is 26.3 Å². The summed E-state index contributed by atoms with van der Waals surface area (Å²) in [6.45, 7) is 3.70. The molecule has 0 aromatic carbocycles. The lowest BCUT2D eigenvalue weighted by atomic mass is 10.7. The Morgan fingerprint density at radius 2 is 2.33 bits per heavy atom. The number of carbonyl (C=O) groups is 1. The van der Waals surface area contributed by atoms with E-state index in [2.05, 4.69) is 39.9 Å². The molecule has 0 aliphatic heterocycles. The van der Waals surface area contributed by atoms with Crippen LogP contribution in [0, 0.1) is 0 Å². The van der Waals surface area contributed by atoms with E-state index in [1.807, 2.05) is 0 Å². The minimum atomic E-state index is -0.334. The van der Waals surface area contributed by atoms with Gasteiger partial charge in [0.15, 0.2) is 0 Å². The molecule has 0 aliphatic carbocycles. The number of carbonyl (C=O) groups excluding carboxylic acids is 1. The molecule has 0 aliphatic rings. The van der Waals surface area contributed by atoms with Crippen molar-refractivity contribution in [3.8, 4) is 0 Å². The summed E-state index contributed by atoms with van der Waals surface area (Å²) in [5.74, 6) is -0.223. The molecule has 9 heavy (non-hydrogen) atoms. The summed E-state index contributed by atoms with van der Waals surface area (Å²) in [5.41, 5.74) is 0. The molecule has 0 atom stereocenters. The molecule has 0 spiro atoms. The molecule has 52 valence electrons. The molecule has 4 heteroatoms. The zero-order chi connectivity index (χ0) is 7.28. The molecule has 0 unspecified atom stereocenters. The summed E-state index contributed by atoms with van der Waals surface area (Å²) < 4.78 is 5.24. The van der Waals surface area contributed by atoms with Crippen LogP contribution in [0.3, 0.4) is 0 Å². The number of hydrogen-bond donors (Lipinski definition) is 1. The highest BCUT2D eigenvalue weighted by Crippen LogP contribution is 2.00. The predicted octanol–water partition coefficient (Wildman–Crippen LogP) is 1.37. The van der Waals surface area contributed by atoms with Crippen LogP contribution in [0.5, 0.6) is 0 Å². The van der Waals surface area contributed by atoms with Gasteiger partial charge in [-0.15, -0.1) is 0 Å². The average Bonchev–Trinajstić information content (AvgIpc) is 1.83. The molecule has 0 fully saturated rings. The summed E-state index contributed by atoms with van der Waals surface area (Å²) in [7, 11) is 0. The van der Waals surface area contributed by atoms with Crippen LogP contribution in [0.25, 0.3) is 0 Å². The molecular formula is C5H7BrO2S. The van der Waals surface area contributed by atoms with Crippen molar-refractivity contribution in [3.05, 3.63) is 11.1 Å². The Hall–Kier alpha value is 0.0400. The van der Waals surface area contributed by atoms with E-state index < -0.39 is 0 Å². The van der Waals surface area contributed by atoms with E-state index in [1.54, 1.807) is 0 Å². The van der Waals surface area contributed by atoms with Gasteiger partial charge in [-0.2, -0.15) is 12.6 Å². The van der Waals surface area contributed by atoms with E-state index in [1.165, 1.54) is 0 Å². The molecule has 0 rings (SSSR count). The second kappa shape index (κ2) is 4.88. The molecule has 0 bridgehead atoms. The smallest absolute Gasteiger partial charge is 0.315 e. The van der Waals surface area contributed by atoms with Crippen LogP contribution in [0.2, 0.25) is 0 Å². The normalized spacial score (nSPS) is 8.67. The first-order chi connectivity index (χ1) is 4.16. The average molecular weight is 211 g/mol. The first-order valence-corrected chi connectivity index (χ1v) is 3.69. The number of ether oxygens (including phenoxy) is 1. The fourth-order valence-electron chi connectivity index (χ4n) is 0.204. The Kier molecular flexibility index (Phi) is 4.90. The maximum Gasteiger partial charge on any atom is 0.315 e. The van der Waals surface area contributed by atoms with Crippen LogP contribution in [-0.2, 0) is 9.53 Å². The highest BCUT2D eigenvalue weighted by molar-refractivity contribution is 9.11. The largest absolute Gasteiger partial charge is 0.460 e. The van der Waals surface area contributed by atoms with Gasteiger partial charge in [0, 0.05) is 4.48 Å². The molecular weight excluding hydrogens is 204 g/mol. The molecule has 0 N–H and O–H groups in total. The van der Waals surface area contributed by atoms with Gasteiger partial charge in [0.25, 0.3) is 0 Å². The van der Waals surface area contributed by atoms with Crippen LogP contribution >= 0.6 is 28.6 Å². The van der Waals surface area contributed by atoms with E-state index in [0.717, 1.165) is 0 Å². The van der Waals surface area contributed by atoms with Gasteiger partial charge >= 0.3 is 5.97 Å². The minimum Gasteiger partial charge on any atom is -0.460 e. The number of hydrogen-bond acceptors (Lipinski definition) is 3. The summed E-state index contributed by atoms with van der Waals surface area (Å²) >= 11 is 6.73. The number of rotatable bonds is 3. The van der Waals surface area contributed by atoms with E-state index in [4.69, 9.17) is 0 Å². The number of thiol groups is 1. The Balaban J connectivity index is 3.28. The van der Waals surface area contributed by atoms with Crippen LogP contribution < -0.4 is 0 Å². The van der Waals surface area contributed by atoms with Gasteiger partial charge in [0.2, 0.25) is 0 Å². The third-order valence-corrected chi connectivity index (χ3v) is 1.01. The van der Waals surface area contributed by atoms with Crippen molar-refractivity contribution in [1.82, 2.24) is 0 Å². The summed E-state index contributed by atoms with van der Waals surface area (Å²) in [4.78, 5) is 10.4. The maximum atomic E-state index is 10.4. The minimum absolute atomic E-state index is 0.111. The number of halogens is 1. The van der Waals surface area contributed by atoms with Crippen LogP contribution in [0.4, 0.5) is 0 Å². The van der Waals surface area contributed by atoms with Crippen LogP contribution in [-0.4, -0.2) is 18.3 Å². The molecule has 0 amide bonds. The van der Waals surface area contributed by atoms with Gasteiger partial charge in [-0.1, -0.05) is 22.5 Å². The molecule has 0 radical (unpaired) electrons. The van der Waals surface area contributed by atoms with Crippen molar-refractivity contribution < 1.29 is 9.53 Å². The molecule has 0 saturated heterocycles. The van der Waals surface area contributed by atoms with Crippen LogP contribution in [0.15, 0.2) is 11.1 Å². The molecule has 0 aromatic heterocycles. The van der Waals surface area contributed by atoms with Crippen molar-refractivity contribution in [3.63, 3.8) is 0 Å². The highest BCUT2D eigenvalue weighted by atomic mass is 79.9. The third-order valence-electron chi connectivity index (χ3n) is 0.519. The lowest BCUT2D eigenvalue weighted by Crippen LogP contribution is -2.06. The third kappa shape index (κ3) is 5.92. The maximum absolute atomic E-state index is 10.4. The van der Waals surface area contributed by atoms with Gasteiger partial charge in [0.05, 0.1) is 5.75 Å². The number of esters is 1. The Labute approximate surface area is 67.8 Å². The lowest BCUT2D eigenvalue weighted by Gasteiger charge is -1.98. The fraction of sp³-hybridized carbons (Fsp3) is 0.400. The monoisotopic (exact) mass is 210 g/mol. The van der Waals surface area contributed by atoms with E-state index in [0.29, 0.717) is 4.48 Å². The Morgan fingerprint density at radius 3 is 2.67 bits per heavy atom. The van der Waals surface area contributed by atoms with Crippen LogP contribution in [0.1, 0.15) is 0 Å². The van der Waals surface area contributed by atoms with Gasteiger partial charge < -0.3 is 4.74 Å². The summed E-state index contributed by atoms with van der Waals surface area (Å²) in [6, 6.07) is 0. The van der Waals surface area contributed by atoms with Crippen molar-refractivity contribution in [1.29, 1.82) is 0 Å². The summed E-state index contributed by atoms with van der Waals surface area (Å²) in [6.07, 6.45) is 0. The van der Waals surface area contributed by atoms with Crippen molar-refractivity contribution in [2.75, 3.05) is 12.4 Å². The zero-order valence-electron chi connectivity index (χ0n) is 4.76. The fourth-order valence-corrected chi connectivity index (χ4v) is 0.410. The van der Waals surface area contributed by atoms with E-state index >= 15 is 0 Å². The lowest BCUT2D eigenvalue weighted by molar-refractivity contribution is -0.139. The van der Waals surface area contributed by atoms with Gasteiger partial charge in [0.1, 0.15) is 6.61 Å². The first kappa shape index (κ1) is 9.04. The van der Waals surface area contributed by atoms with Crippen molar-refractivity contribution in [2.24, 2.45) is 0 Å². The van der Waals surface area contributed by atoms with Crippen molar-refractivity contribution >= 4 is 34.5 Å². The molecule has 0 saturated carbocycles. The Morgan fingerprint density at radius 1 is 1.78 bits per heavy atom. The highest BCUT2D eigenvalue weighted by Gasteiger charge is 1.96. The first-order valence-electron chi connectivity index (χ1n) is 2.26. The van der Waals surface area contributed by atoms with E-state index in [9.17, 15) is 4.79 Å². The zero-order valence-corrected chi connectivity index (χ0v) is 7.24. The van der Waals surface area contributed by atoms with Gasteiger partial charge in [-0.05, 0) is 0 Å². The summed E-state index contributed by atoms with van der Waals surface area (Å²) in [5, 5.41) is 0. The van der Waals surface area contributed by atoms with E-state index in [-0.39, 0.29) is 18.3 Å². The predicted molar refractivity (Wildman–Crippen MR) is 42.9 cm³/mol.